The molecule has 3 aromatic rings. The number of anilines is 1. The maximum Gasteiger partial charge on any atom is 0.258 e. The Morgan fingerprint density at radius 1 is 1.22 bits per heavy atom. The van der Waals surface area contributed by atoms with E-state index < -0.39 is 0 Å². The lowest BCUT2D eigenvalue weighted by Crippen LogP contribution is -2.27. The Balaban J connectivity index is 1.63. The van der Waals surface area contributed by atoms with Crippen LogP contribution in [0.2, 0.25) is 0 Å². The molecular formula is C21H23N5O. The smallest absolute Gasteiger partial charge is 0.258 e. The molecule has 2 aromatic heterocycles. The van der Waals surface area contributed by atoms with Gasteiger partial charge in [-0.2, -0.15) is 0 Å². The minimum absolute atomic E-state index is 0.294. The van der Waals surface area contributed by atoms with Gasteiger partial charge in [-0.05, 0) is 66.9 Å². The second-order valence-electron chi connectivity index (χ2n) is 7.01. The molecule has 0 saturated carbocycles. The van der Waals surface area contributed by atoms with Crippen LogP contribution in [0.5, 0.6) is 5.88 Å². The Bertz CT molecular complexity index is 958. The van der Waals surface area contributed by atoms with Gasteiger partial charge < -0.3 is 15.4 Å². The van der Waals surface area contributed by atoms with Crippen molar-refractivity contribution in [2.45, 2.75) is 26.5 Å². The summed E-state index contributed by atoms with van der Waals surface area (Å²) < 4.78 is 5.81. The highest BCUT2D eigenvalue weighted by Gasteiger charge is 2.17. The molecule has 0 bridgehead atoms. The molecule has 138 valence electrons. The monoisotopic (exact) mass is 361 g/mol. The van der Waals surface area contributed by atoms with Crippen molar-refractivity contribution in [3.8, 4) is 17.1 Å². The van der Waals surface area contributed by atoms with E-state index in [1.165, 1.54) is 16.7 Å². The molecule has 0 saturated heterocycles. The molecule has 1 aliphatic rings. The minimum atomic E-state index is 0.294. The van der Waals surface area contributed by atoms with Crippen LogP contribution in [-0.2, 0) is 19.6 Å². The van der Waals surface area contributed by atoms with Gasteiger partial charge in [-0.3, -0.25) is 4.98 Å². The molecule has 2 N–H and O–H groups in total. The SMILES string of the molecule is Cc1cc(-c2cnc(N)c(OCc3ccncc3)n2)cc2c1CCN(C)C2. The molecule has 0 spiro atoms. The Labute approximate surface area is 159 Å². The Morgan fingerprint density at radius 2 is 2.04 bits per heavy atom. The number of hydrogen-bond donors (Lipinski definition) is 1. The van der Waals surface area contributed by atoms with Gasteiger partial charge in [-0.15, -0.1) is 0 Å². The van der Waals surface area contributed by atoms with Crippen molar-refractivity contribution in [2.24, 2.45) is 0 Å². The van der Waals surface area contributed by atoms with E-state index in [2.05, 4.69) is 46.0 Å². The Morgan fingerprint density at radius 3 is 2.85 bits per heavy atom. The van der Waals surface area contributed by atoms with Gasteiger partial charge in [0.15, 0.2) is 5.82 Å². The standard InChI is InChI=1S/C21H23N5O/c1-14-9-16(10-17-12-26(2)8-5-18(14)17)19-11-24-20(22)21(25-19)27-13-15-3-6-23-7-4-15/h3-4,6-7,9-11H,5,8,12-13H2,1-2H3,(H2,22,24). The molecular weight excluding hydrogens is 338 g/mol. The van der Waals surface area contributed by atoms with Crippen LogP contribution in [0.15, 0.2) is 42.9 Å². The van der Waals surface area contributed by atoms with E-state index in [1.54, 1.807) is 18.6 Å². The molecule has 0 aliphatic carbocycles. The molecule has 0 fully saturated rings. The summed E-state index contributed by atoms with van der Waals surface area (Å²) in [5.41, 5.74) is 12.9. The van der Waals surface area contributed by atoms with Gasteiger partial charge in [-0.1, -0.05) is 0 Å². The lowest BCUT2D eigenvalue weighted by molar-refractivity contribution is 0.295. The fourth-order valence-electron chi connectivity index (χ4n) is 3.47. The van der Waals surface area contributed by atoms with Gasteiger partial charge in [0.2, 0.25) is 0 Å². The van der Waals surface area contributed by atoms with Gasteiger partial charge in [0.25, 0.3) is 5.88 Å². The predicted molar refractivity (Wildman–Crippen MR) is 105 cm³/mol. The second kappa shape index (κ2) is 7.32. The van der Waals surface area contributed by atoms with Crippen LogP contribution in [0.1, 0.15) is 22.3 Å². The van der Waals surface area contributed by atoms with Crippen LogP contribution in [-0.4, -0.2) is 33.4 Å². The normalized spacial score (nSPS) is 14.0. The molecule has 27 heavy (non-hydrogen) atoms. The van der Waals surface area contributed by atoms with Crippen LogP contribution in [0.25, 0.3) is 11.3 Å². The summed E-state index contributed by atoms with van der Waals surface area (Å²) in [7, 11) is 2.15. The molecule has 6 heteroatoms. The summed E-state index contributed by atoms with van der Waals surface area (Å²) in [5.74, 6) is 0.652. The molecule has 0 radical (unpaired) electrons. The number of likely N-dealkylation sites (N-methyl/N-ethyl adjacent to an activating group) is 1. The molecule has 0 unspecified atom stereocenters. The van der Waals surface area contributed by atoms with Crippen molar-refractivity contribution in [2.75, 3.05) is 19.3 Å². The first kappa shape index (κ1) is 17.4. The lowest BCUT2D eigenvalue weighted by atomic mass is 9.92. The van der Waals surface area contributed by atoms with Gasteiger partial charge in [0.05, 0.1) is 11.9 Å². The van der Waals surface area contributed by atoms with Crippen molar-refractivity contribution < 1.29 is 4.74 Å². The zero-order chi connectivity index (χ0) is 18.8. The zero-order valence-electron chi connectivity index (χ0n) is 15.6. The van der Waals surface area contributed by atoms with E-state index in [0.717, 1.165) is 36.3 Å². The molecule has 3 heterocycles. The maximum atomic E-state index is 5.97. The summed E-state index contributed by atoms with van der Waals surface area (Å²) >= 11 is 0. The number of ether oxygens (including phenoxy) is 1. The van der Waals surface area contributed by atoms with Crippen molar-refractivity contribution in [1.29, 1.82) is 0 Å². The van der Waals surface area contributed by atoms with E-state index in [9.17, 15) is 0 Å². The van der Waals surface area contributed by atoms with Crippen molar-refractivity contribution in [3.05, 3.63) is 65.1 Å². The number of benzene rings is 1. The van der Waals surface area contributed by atoms with Crippen molar-refractivity contribution >= 4 is 5.82 Å². The van der Waals surface area contributed by atoms with Crippen molar-refractivity contribution in [1.82, 2.24) is 19.9 Å². The van der Waals surface area contributed by atoms with E-state index in [4.69, 9.17) is 10.5 Å². The van der Waals surface area contributed by atoms with Crippen molar-refractivity contribution in [3.63, 3.8) is 0 Å². The van der Waals surface area contributed by atoms with E-state index in [1.807, 2.05) is 12.1 Å². The molecule has 4 rings (SSSR count). The molecule has 0 atom stereocenters. The molecule has 0 amide bonds. The average Bonchev–Trinajstić information content (AvgIpc) is 2.67. The lowest BCUT2D eigenvalue weighted by Gasteiger charge is -2.27. The van der Waals surface area contributed by atoms with Crippen LogP contribution in [0.4, 0.5) is 5.82 Å². The summed E-state index contributed by atoms with van der Waals surface area (Å²) in [6.45, 7) is 4.60. The summed E-state index contributed by atoms with van der Waals surface area (Å²) in [4.78, 5) is 15.3. The van der Waals surface area contributed by atoms with Crippen LogP contribution >= 0.6 is 0 Å². The largest absolute Gasteiger partial charge is 0.470 e. The molecule has 1 aromatic carbocycles. The molecule has 1 aliphatic heterocycles. The second-order valence-corrected chi connectivity index (χ2v) is 7.01. The highest BCUT2D eigenvalue weighted by atomic mass is 16.5. The minimum Gasteiger partial charge on any atom is -0.470 e. The first-order valence-electron chi connectivity index (χ1n) is 9.05. The van der Waals surface area contributed by atoms with Gasteiger partial charge in [0, 0.05) is 31.0 Å². The first-order valence-corrected chi connectivity index (χ1v) is 9.05. The third kappa shape index (κ3) is 3.75. The third-order valence-electron chi connectivity index (χ3n) is 4.94. The number of aromatic nitrogens is 3. The number of aryl methyl sites for hydroxylation is 1. The maximum absolute atomic E-state index is 5.97. The highest BCUT2D eigenvalue weighted by molar-refractivity contribution is 5.64. The highest BCUT2D eigenvalue weighted by Crippen LogP contribution is 2.29. The number of nitrogens with two attached hydrogens (primary N) is 1. The number of nitrogens with zero attached hydrogens (tertiary/aromatic N) is 4. The van der Waals surface area contributed by atoms with E-state index >= 15 is 0 Å². The van der Waals surface area contributed by atoms with Crippen LogP contribution in [0, 0.1) is 6.92 Å². The number of fused-ring (bicyclic) bond motifs is 1. The predicted octanol–water partition coefficient (Wildman–Crippen LogP) is 3.00. The van der Waals surface area contributed by atoms with Gasteiger partial charge in [-0.25, -0.2) is 9.97 Å². The van der Waals surface area contributed by atoms with E-state index in [-0.39, 0.29) is 0 Å². The Kier molecular flexibility index (Phi) is 4.73. The quantitative estimate of drug-likeness (QED) is 0.770. The zero-order valence-corrected chi connectivity index (χ0v) is 15.6. The number of pyridine rings is 1. The topological polar surface area (TPSA) is 77.2 Å². The number of nitrogen functional groups attached to an aromatic ring is 1. The van der Waals surface area contributed by atoms with E-state index in [0.29, 0.717) is 18.3 Å². The fraction of sp³-hybridized carbons (Fsp3) is 0.286. The molecule has 6 nitrogen and oxygen atoms in total. The summed E-state index contributed by atoms with van der Waals surface area (Å²) in [6, 6.07) is 8.19. The fourth-order valence-corrected chi connectivity index (χ4v) is 3.47. The van der Waals surface area contributed by atoms with Crippen LogP contribution in [0.3, 0.4) is 0 Å². The number of hydrogen-bond acceptors (Lipinski definition) is 6. The van der Waals surface area contributed by atoms with Gasteiger partial charge in [0.1, 0.15) is 6.61 Å². The van der Waals surface area contributed by atoms with Crippen LogP contribution < -0.4 is 10.5 Å². The number of rotatable bonds is 4. The summed E-state index contributed by atoms with van der Waals surface area (Å²) in [6.07, 6.45) is 6.27. The van der Waals surface area contributed by atoms with Gasteiger partial charge >= 0.3 is 0 Å². The third-order valence-corrected chi connectivity index (χ3v) is 4.94. The Hall–Kier alpha value is -2.99. The summed E-state index contributed by atoms with van der Waals surface area (Å²) in [5, 5.41) is 0. The average molecular weight is 361 g/mol. The first-order chi connectivity index (χ1) is 13.1.